The molecule has 2 aromatic carbocycles. The molecule has 0 unspecified atom stereocenters. The van der Waals surface area contributed by atoms with Gasteiger partial charge in [-0.3, -0.25) is 24.1 Å². The number of hydrogen-bond donors (Lipinski definition) is 3. The molecule has 4 aliphatic rings. The lowest BCUT2D eigenvalue weighted by molar-refractivity contribution is -0.130. The normalized spacial score (nSPS) is 19.6. The molecule has 0 saturated carbocycles. The van der Waals surface area contributed by atoms with E-state index in [1.165, 1.54) is 15.5 Å². The van der Waals surface area contributed by atoms with Gasteiger partial charge in [0, 0.05) is 92.1 Å². The van der Waals surface area contributed by atoms with Gasteiger partial charge >= 0.3 is 0 Å². The SMILES string of the molecule is Cc1ncsc1-c1ccc([C@@]2(C)NC([C@@H]3CCCN3C(=O)Cc3cc(OCCN4CC[C@H](NC(=O)c5cc6c(cc5CS(C)(=O)=O)-c5cn(C)c(=O)c7[nH]cc(c57)CN6c5ncc(F)cc5F)C4)no3)=NC2=O)cc1. The minimum absolute atomic E-state index is 0.0213. The number of fused-ring (bicyclic) bond motifs is 2. The van der Waals surface area contributed by atoms with E-state index in [4.69, 9.17) is 9.26 Å². The Morgan fingerprint density at radius 3 is 2.63 bits per heavy atom. The standard InChI is InChI=1S/C52H51F2N11O8S2/c1-28-46(74-27-57-28)29-7-9-32(10-8-29)52(2)51(69)59-47(60-52)40-6-5-12-64(40)43(66)19-35-18-42(61-73-35)72-15-14-63-13-11-34(24-63)58-49(67)36-20-41-37(16-30(36)26-75(4,70)71)38-25-62(3)50(68)45-44(38)31(21-55-45)23-65(41)48-39(54)17-33(53)22-56-48/h7-10,16-18,20-22,25,27,34,40,55H,5-6,11-15,19,23-24,26H2,1-4H3,(H,58,67)(H,59,60,69)/t34-,40-,52+/m0/s1. The number of halogens is 2. The number of anilines is 2. The van der Waals surface area contributed by atoms with Gasteiger partial charge in [0.05, 0.1) is 52.7 Å². The summed E-state index contributed by atoms with van der Waals surface area (Å²) in [6.45, 7) is 5.97. The number of hydrogen-bond acceptors (Lipinski definition) is 15. The van der Waals surface area contributed by atoms with Crippen LogP contribution in [0.1, 0.15) is 64.7 Å². The zero-order chi connectivity index (χ0) is 52.5. The number of benzene rings is 2. The first kappa shape index (κ1) is 49.6. The van der Waals surface area contributed by atoms with Gasteiger partial charge in [-0.1, -0.05) is 24.3 Å². The first-order valence-electron chi connectivity index (χ1n) is 24.4. The van der Waals surface area contributed by atoms with Crippen LogP contribution >= 0.6 is 11.3 Å². The third-order valence-corrected chi connectivity index (χ3v) is 16.3. The Morgan fingerprint density at radius 2 is 1.87 bits per heavy atom. The number of amidine groups is 1. The van der Waals surface area contributed by atoms with Crippen LogP contribution < -0.4 is 25.8 Å². The number of H-pyrrole nitrogens is 1. The van der Waals surface area contributed by atoms with Gasteiger partial charge in [-0.15, -0.1) is 11.3 Å². The van der Waals surface area contributed by atoms with Crippen molar-refractivity contribution in [1.29, 1.82) is 0 Å². The van der Waals surface area contributed by atoms with Gasteiger partial charge in [-0.2, -0.15) is 4.99 Å². The van der Waals surface area contributed by atoms with Crippen molar-refractivity contribution < 1.29 is 40.8 Å². The Morgan fingerprint density at radius 1 is 1.05 bits per heavy atom. The number of amides is 3. The molecule has 75 heavy (non-hydrogen) atoms. The van der Waals surface area contributed by atoms with E-state index in [2.05, 4.69) is 40.6 Å². The average molecular weight is 1060 g/mol. The van der Waals surface area contributed by atoms with Crippen LogP contribution in [0.4, 0.5) is 20.3 Å². The summed E-state index contributed by atoms with van der Waals surface area (Å²) in [5.41, 5.74) is 5.54. The van der Waals surface area contributed by atoms with Crippen LogP contribution in [0.3, 0.4) is 0 Å². The third kappa shape index (κ3) is 9.47. The lowest BCUT2D eigenvalue weighted by atomic mass is 9.91. The Hall–Kier alpha value is -7.63. The number of nitrogens with one attached hydrogen (secondary N) is 3. The predicted octanol–water partition coefficient (Wildman–Crippen LogP) is 5.68. The van der Waals surface area contributed by atoms with Crippen molar-refractivity contribution in [2.45, 2.75) is 69.5 Å². The van der Waals surface area contributed by atoms with E-state index >= 15 is 4.39 Å². The number of thiazole rings is 1. The maximum Gasteiger partial charge on any atom is 0.277 e. The highest BCUT2D eigenvalue weighted by Crippen LogP contribution is 2.45. The fourth-order valence-corrected chi connectivity index (χ4v) is 12.3. The molecule has 0 spiro atoms. The molecule has 4 aliphatic heterocycles. The van der Waals surface area contributed by atoms with Gasteiger partial charge in [0.2, 0.25) is 5.91 Å². The van der Waals surface area contributed by atoms with Crippen LogP contribution in [0.2, 0.25) is 0 Å². The van der Waals surface area contributed by atoms with Crippen LogP contribution in [0.15, 0.2) is 86.9 Å². The molecule has 19 nitrogen and oxygen atoms in total. The Bertz CT molecular complexity index is 3670. The number of carbonyl (C=O) groups is 3. The number of rotatable bonds is 14. The van der Waals surface area contributed by atoms with Crippen LogP contribution in [0.5, 0.6) is 5.88 Å². The van der Waals surface area contributed by atoms with Gasteiger partial charge in [0.15, 0.2) is 21.5 Å². The summed E-state index contributed by atoms with van der Waals surface area (Å²) < 4.78 is 68.5. The molecule has 7 aromatic rings. The number of ether oxygens (including phenoxy) is 1. The zero-order valence-electron chi connectivity index (χ0n) is 41.3. The third-order valence-electron chi connectivity index (χ3n) is 14.4. The molecule has 0 bridgehead atoms. The second kappa shape index (κ2) is 19.3. The highest BCUT2D eigenvalue weighted by atomic mass is 32.2. The van der Waals surface area contributed by atoms with E-state index in [1.54, 1.807) is 54.7 Å². The highest BCUT2D eigenvalue weighted by Gasteiger charge is 2.46. The Balaban J connectivity index is 0.724. The second-order valence-corrected chi connectivity index (χ2v) is 22.7. The summed E-state index contributed by atoms with van der Waals surface area (Å²) in [6.07, 6.45) is 7.08. The molecule has 3 atom stereocenters. The lowest BCUT2D eigenvalue weighted by Crippen LogP contribution is -2.50. The van der Waals surface area contributed by atoms with Gasteiger partial charge in [-0.25, -0.2) is 27.2 Å². The van der Waals surface area contributed by atoms with Crippen LogP contribution in [-0.4, -0.2) is 118 Å². The first-order chi connectivity index (χ1) is 35.9. The van der Waals surface area contributed by atoms with Crippen molar-refractivity contribution in [3.63, 3.8) is 0 Å². The first-order valence-corrected chi connectivity index (χ1v) is 27.3. The number of likely N-dealkylation sites (tertiary alicyclic amines) is 2. The fourth-order valence-electron chi connectivity index (χ4n) is 10.7. The summed E-state index contributed by atoms with van der Waals surface area (Å²) in [4.78, 5) is 77.0. The van der Waals surface area contributed by atoms with E-state index in [-0.39, 0.29) is 71.3 Å². The lowest BCUT2D eigenvalue weighted by Gasteiger charge is -2.28. The minimum Gasteiger partial charge on any atom is -0.474 e. The zero-order valence-corrected chi connectivity index (χ0v) is 42.9. The number of aromatic amines is 1. The summed E-state index contributed by atoms with van der Waals surface area (Å²) in [6, 6.07) is 12.4. The average Bonchev–Trinajstić information content (AvgIpc) is 4.25. The maximum absolute atomic E-state index is 15.6. The van der Waals surface area contributed by atoms with E-state index < -0.39 is 44.7 Å². The van der Waals surface area contributed by atoms with Crippen LogP contribution in [0.25, 0.3) is 32.5 Å². The molecule has 2 saturated heterocycles. The van der Waals surface area contributed by atoms with Crippen LogP contribution in [0, 0.1) is 18.6 Å². The summed E-state index contributed by atoms with van der Waals surface area (Å²) in [7, 11) is -2.13. The molecule has 0 aliphatic carbocycles. The molecule has 388 valence electrons. The summed E-state index contributed by atoms with van der Waals surface area (Å²) in [5, 5.41) is 11.0. The van der Waals surface area contributed by atoms with Gasteiger partial charge in [-0.05, 0) is 72.7 Å². The molecule has 23 heteroatoms. The molecule has 5 aromatic heterocycles. The molecular weight excluding hydrogens is 1010 g/mol. The smallest absolute Gasteiger partial charge is 0.277 e. The molecule has 3 amide bonds. The van der Waals surface area contributed by atoms with Crippen molar-refractivity contribution >= 4 is 67.1 Å². The van der Waals surface area contributed by atoms with Crippen molar-refractivity contribution in [1.82, 2.24) is 45.1 Å². The quantitative estimate of drug-likeness (QED) is 0.119. The van der Waals surface area contributed by atoms with Crippen molar-refractivity contribution in [3.8, 4) is 27.4 Å². The molecule has 2 fully saturated rings. The summed E-state index contributed by atoms with van der Waals surface area (Å²) >= 11 is 1.56. The summed E-state index contributed by atoms with van der Waals surface area (Å²) in [5.74, 6) is -2.66. The molecule has 11 rings (SSSR count). The molecular formula is C52H51F2N11O8S2. The van der Waals surface area contributed by atoms with Crippen molar-refractivity contribution in [3.05, 3.63) is 128 Å². The van der Waals surface area contributed by atoms with Gasteiger partial charge in [0.1, 0.15) is 35.1 Å². The van der Waals surface area contributed by atoms with Crippen molar-refractivity contribution in [2.75, 3.05) is 43.9 Å². The minimum atomic E-state index is -3.71. The second-order valence-electron chi connectivity index (χ2n) is 19.7. The number of sulfone groups is 1. The van der Waals surface area contributed by atoms with Crippen molar-refractivity contribution in [2.24, 2.45) is 12.0 Å². The van der Waals surface area contributed by atoms with E-state index in [0.717, 1.165) is 40.6 Å². The fraction of sp³-hybridized carbons (Fsp3) is 0.346. The Kier molecular flexibility index (Phi) is 12.7. The monoisotopic (exact) mass is 1060 g/mol. The van der Waals surface area contributed by atoms with Crippen LogP contribution in [-0.2, 0) is 50.7 Å². The van der Waals surface area contributed by atoms with E-state index in [9.17, 15) is 32.0 Å². The topological polar surface area (TPSA) is 230 Å². The molecule has 9 heterocycles. The number of aryl methyl sites for hydroxylation is 2. The Labute approximate surface area is 432 Å². The number of pyridine rings is 2. The molecule has 0 radical (unpaired) electrons. The largest absolute Gasteiger partial charge is 0.474 e. The van der Waals surface area contributed by atoms with E-state index in [1.807, 2.05) is 36.7 Å². The predicted molar refractivity (Wildman–Crippen MR) is 275 cm³/mol. The highest BCUT2D eigenvalue weighted by molar-refractivity contribution is 7.89. The maximum atomic E-state index is 15.6. The van der Waals surface area contributed by atoms with Gasteiger partial charge in [0.25, 0.3) is 23.3 Å². The van der Waals surface area contributed by atoms with E-state index in [0.29, 0.717) is 84.4 Å². The number of aromatic nitrogens is 5. The number of carbonyl (C=O) groups excluding carboxylic acids is 3. The number of nitrogens with zero attached hydrogens (tertiary/aromatic N) is 8. The van der Waals surface area contributed by atoms with Gasteiger partial charge < -0.3 is 39.2 Å². The number of aliphatic imine (C=N–C) groups is 1. The molecule has 3 N–H and O–H groups in total.